The third-order valence-electron chi connectivity index (χ3n) is 4.22. The van der Waals surface area contributed by atoms with Crippen molar-refractivity contribution in [3.63, 3.8) is 0 Å². The molecule has 0 aliphatic rings. The molecule has 0 bridgehead atoms. The van der Waals surface area contributed by atoms with Crippen molar-refractivity contribution < 1.29 is 9.53 Å². The molecule has 26 heavy (non-hydrogen) atoms. The molecule has 5 heteroatoms. The number of carbonyl (C=O) groups excluding carboxylic acids is 1. The van der Waals surface area contributed by atoms with Crippen LogP contribution < -0.4 is 5.32 Å². The first kappa shape index (κ1) is 19.5. The molecule has 0 spiro atoms. The Labute approximate surface area is 154 Å². The number of benzene rings is 1. The fourth-order valence-electron chi connectivity index (χ4n) is 2.95. The highest BCUT2D eigenvalue weighted by atomic mass is 16.5. The lowest BCUT2D eigenvalue weighted by molar-refractivity contribution is -0.112. The zero-order valence-corrected chi connectivity index (χ0v) is 15.8. The summed E-state index contributed by atoms with van der Waals surface area (Å²) in [6.45, 7) is 7.56. The van der Waals surface area contributed by atoms with Crippen LogP contribution in [0.25, 0.3) is 6.08 Å². The standard InChI is InChI=1S/C21H25N3O2/c1-5-9-24-15(2)10-18(16(24)3)12-19(13-22)21(25)23-20-8-6-7-17(11-20)14-26-4/h6-8,10-12H,5,9,14H2,1-4H3,(H,23,25)/b19-12+. The Morgan fingerprint density at radius 2 is 2.12 bits per heavy atom. The zero-order valence-electron chi connectivity index (χ0n) is 15.8. The van der Waals surface area contributed by atoms with E-state index >= 15 is 0 Å². The monoisotopic (exact) mass is 351 g/mol. The van der Waals surface area contributed by atoms with Gasteiger partial charge in [-0.1, -0.05) is 19.1 Å². The summed E-state index contributed by atoms with van der Waals surface area (Å²) in [6, 6.07) is 11.4. The van der Waals surface area contributed by atoms with E-state index in [9.17, 15) is 10.1 Å². The largest absolute Gasteiger partial charge is 0.380 e. The second-order valence-corrected chi connectivity index (χ2v) is 6.24. The number of nitriles is 1. The molecule has 2 rings (SSSR count). The van der Waals surface area contributed by atoms with Crippen LogP contribution in [-0.2, 0) is 22.7 Å². The summed E-state index contributed by atoms with van der Waals surface area (Å²) in [6.07, 6.45) is 2.69. The minimum absolute atomic E-state index is 0.0823. The molecule has 136 valence electrons. The number of anilines is 1. The lowest BCUT2D eigenvalue weighted by Gasteiger charge is -2.08. The normalized spacial score (nSPS) is 11.3. The second kappa shape index (κ2) is 9.02. The fourth-order valence-corrected chi connectivity index (χ4v) is 2.95. The molecule has 0 aliphatic heterocycles. The first-order chi connectivity index (χ1) is 12.5. The third kappa shape index (κ3) is 4.62. The molecule has 1 N–H and O–H groups in total. The highest BCUT2D eigenvalue weighted by molar-refractivity contribution is 6.09. The van der Waals surface area contributed by atoms with Gasteiger partial charge >= 0.3 is 0 Å². The molecule has 1 aromatic heterocycles. The Bertz CT molecular complexity index is 857. The van der Waals surface area contributed by atoms with E-state index in [1.54, 1.807) is 19.3 Å². The molecule has 0 atom stereocenters. The number of methoxy groups -OCH3 is 1. The molecule has 0 saturated heterocycles. The van der Waals surface area contributed by atoms with Crippen LogP contribution in [0.15, 0.2) is 35.9 Å². The van der Waals surface area contributed by atoms with Gasteiger partial charge in [0, 0.05) is 30.7 Å². The summed E-state index contributed by atoms with van der Waals surface area (Å²) in [4.78, 5) is 12.5. The zero-order chi connectivity index (χ0) is 19.1. The van der Waals surface area contributed by atoms with E-state index in [1.807, 2.05) is 44.2 Å². The molecule has 5 nitrogen and oxygen atoms in total. The van der Waals surface area contributed by atoms with Gasteiger partial charge in [0.15, 0.2) is 0 Å². The lowest BCUT2D eigenvalue weighted by atomic mass is 10.1. The van der Waals surface area contributed by atoms with Crippen molar-refractivity contribution in [2.24, 2.45) is 0 Å². The summed E-state index contributed by atoms with van der Waals surface area (Å²) in [5, 5.41) is 12.2. The topological polar surface area (TPSA) is 67.0 Å². The van der Waals surface area contributed by atoms with E-state index in [0.717, 1.165) is 35.5 Å². The van der Waals surface area contributed by atoms with Crippen LogP contribution in [0.2, 0.25) is 0 Å². The molecule has 1 amide bonds. The van der Waals surface area contributed by atoms with E-state index in [0.29, 0.717) is 12.3 Å². The summed E-state index contributed by atoms with van der Waals surface area (Å²) >= 11 is 0. The third-order valence-corrected chi connectivity index (χ3v) is 4.22. The smallest absolute Gasteiger partial charge is 0.266 e. The minimum atomic E-state index is -0.414. The van der Waals surface area contributed by atoms with E-state index in [1.165, 1.54) is 0 Å². The van der Waals surface area contributed by atoms with Crippen molar-refractivity contribution in [1.82, 2.24) is 4.57 Å². The molecule has 0 aliphatic carbocycles. The van der Waals surface area contributed by atoms with Crippen LogP contribution in [0.3, 0.4) is 0 Å². The molecular weight excluding hydrogens is 326 g/mol. The molecule has 0 radical (unpaired) electrons. The van der Waals surface area contributed by atoms with E-state index < -0.39 is 5.91 Å². The SMILES string of the molecule is CCCn1c(C)cc(/C=C(\C#N)C(=O)Nc2cccc(COC)c2)c1C. The number of amides is 1. The highest BCUT2D eigenvalue weighted by Crippen LogP contribution is 2.20. The predicted octanol–water partition coefficient (Wildman–Crippen LogP) is 4.21. The van der Waals surface area contributed by atoms with Crippen molar-refractivity contribution in [3.8, 4) is 6.07 Å². The second-order valence-electron chi connectivity index (χ2n) is 6.24. The van der Waals surface area contributed by atoms with E-state index in [4.69, 9.17) is 4.74 Å². The molecule has 0 fully saturated rings. The van der Waals surface area contributed by atoms with Gasteiger partial charge in [-0.3, -0.25) is 4.79 Å². The van der Waals surface area contributed by atoms with Crippen molar-refractivity contribution in [2.45, 2.75) is 40.3 Å². The van der Waals surface area contributed by atoms with Gasteiger partial charge in [0.1, 0.15) is 11.6 Å². The minimum Gasteiger partial charge on any atom is -0.380 e. The summed E-state index contributed by atoms with van der Waals surface area (Å²) < 4.78 is 7.30. The van der Waals surface area contributed by atoms with Gasteiger partial charge in [-0.15, -0.1) is 0 Å². The number of hydrogen-bond donors (Lipinski definition) is 1. The molecular formula is C21H25N3O2. The van der Waals surface area contributed by atoms with Crippen LogP contribution >= 0.6 is 0 Å². The number of ether oxygens (including phenoxy) is 1. The van der Waals surface area contributed by atoms with Gasteiger partial charge < -0.3 is 14.6 Å². The molecule has 0 saturated carbocycles. The van der Waals surface area contributed by atoms with Crippen molar-refractivity contribution >= 4 is 17.7 Å². The maximum absolute atomic E-state index is 12.5. The number of nitrogens with zero attached hydrogens (tertiary/aromatic N) is 2. The van der Waals surface area contributed by atoms with Gasteiger partial charge in [-0.2, -0.15) is 5.26 Å². The average Bonchev–Trinajstić information content (AvgIpc) is 2.88. The van der Waals surface area contributed by atoms with E-state index in [-0.39, 0.29) is 5.57 Å². The Balaban J connectivity index is 2.24. The summed E-state index contributed by atoms with van der Waals surface area (Å²) in [7, 11) is 1.62. The van der Waals surface area contributed by atoms with Gasteiger partial charge in [0.25, 0.3) is 5.91 Å². The Kier molecular flexibility index (Phi) is 6.76. The lowest BCUT2D eigenvalue weighted by Crippen LogP contribution is -2.13. The maximum atomic E-state index is 12.5. The van der Waals surface area contributed by atoms with Crippen molar-refractivity contribution in [1.29, 1.82) is 5.26 Å². The first-order valence-corrected chi connectivity index (χ1v) is 8.67. The maximum Gasteiger partial charge on any atom is 0.266 e. The number of nitrogens with one attached hydrogen (secondary N) is 1. The van der Waals surface area contributed by atoms with Gasteiger partial charge in [-0.25, -0.2) is 0 Å². The van der Waals surface area contributed by atoms with Crippen LogP contribution in [0.5, 0.6) is 0 Å². The first-order valence-electron chi connectivity index (χ1n) is 8.67. The Morgan fingerprint density at radius 3 is 2.77 bits per heavy atom. The Morgan fingerprint density at radius 1 is 1.35 bits per heavy atom. The van der Waals surface area contributed by atoms with Crippen molar-refractivity contribution in [2.75, 3.05) is 12.4 Å². The quantitative estimate of drug-likeness (QED) is 0.600. The number of rotatable bonds is 7. The van der Waals surface area contributed by atoms with Gasteiger partial charge in [0.2, 0.25) is 0 Å². The number of aromatic nitrogens is 1. The highest BCUT2D eigenvalue weighted by Gasteiger charge is 2.13. The molecule has 0 unspecified atom stereocenters. The summed E-state index contributed by atoms with van der Waals surface area (Å²) in [5.74, 6) is -0.414. The number of carbonyl (C=O) groups is 1. The Hall–Kier alpha value is -2.84. The van der Waals surface area contributed by atoms with Gasteiger partial charge in [0.05, 0.1) is 6.61 Å². The summed E-state index contributed by atoms with van der Waals surface area (Å²) in [5.41, 5.74) is 4.76. The number of hydrogen-bond acceptors (Lipinski definition) is 3. The van der Waals surface area contributed by atoms with Crippen LogP contribution in [-0.4, -0.2) is 17.6 Å². The van der Waals surface area contributed by atoms with Gasteiger partial charge in [-0.05, 0) is 55.7 Å². The van der Waals surface area contributed by atoms with Crippen LogP contribution in [0.4, 0.5) is 5.69 Å². The predicted molar refractivity (Wildman–Crippen MR) is 104 cm³/mol. The van der Waals surface area contributed by atoms with Crippen molar-refractivity contribution in [3.05, 3.63) is 58.4 Å². The molecule has 2 aromatic rings. The average molecular weight is 351 g/mol. The number of aryl methyl sites for hydroxylation is 1. The molecule has 1 heterocycles. The fraction of sp³-hybridized carbons (Fsp3) is 0.333. The van der Waals surface area contributed by atoms with Crippen LogP contribution in [0.1, 0.15) is 35.9 Å². The van der Waals surface area contributed by atoms with Crippen LogP contribution in [0, 0.1) is 25.2 Å². The van der Waals surface area contributed by atoms with E-state index in [2.05, 4.69) is 16.8 Å². The molecule has 1 aromatic carbocycles.